The van der Waals surface area contributed by atoms with Crippen LogP contribution in [0.1, 0.15) is 0 Å². The molecule has 5 rings (SSSR count). The van der Waals surface area contributed by atoms with Crippen LogP contribution >= 0.6 is 11.6 Å². The SMILES string of the molecule is Clc1cc(N(c2ccccc2)c2ccccc2)c2c(c1)[se]c1ccccc12. The van der Waals surface area contributed by atoms with Gasteiger partial charge in [0.2, 0.25) is 0 Å². The predicted octanol–water partition coefficient (Wildman–Crippen LogP) is 7.17. The first-order chi connectivity index (χ1) is 13.3. The van der Waals surface area contributed by atoms with Crippen molar-refractivity contribution >= 4 is 62.5 Å². The van der Waals surface area contributed by atoms with Gasteiger partial charge in [-0.2, -0.15) is 0 Å². The molecule has 0 amide bonds. The van der Waals surface area contributed by atoms with E-state index >= 15 is 0 Å². The summed E-state index contributed by atoms with van der Waals surface area (Å²) in [7, 11) is 0. The van der Waals surface area contributed by atoms with Crippen LogP contribution in [0.25, 0.3) is 19.3 Å². The Morgan fingerprint density at radius 1 is 0.630 bits per heavy atom. The van der Waals surface area contributed by atoms with Crippen molar-refractivity contribution in [3.05, 3.63) is 102 Å². The van der Waals surface area contributed by atoms with Gasteiger partial charge in [-0.25, -0.2) is 0 Å². The Bertz CT molecular complexity index is 1190. The molecule has 1 nitrogen and oxygen atoms in total. The molecule has 0 fully saturated rings. The van der Waals surface area contributed by atoms with Gasteiger partial charge in [-0.1, -0.05) is 0 Å². The fourth-order valence-corrected chi connectivity index (χ4v) is 6.36. The molecule has 130 valence electrons. The zero-order chi connectivity index (χ0) is 18.2. The van der Waals surface area contributed by atoms with Gasteiger partial charge in [0.05, 0.1) is 0 Å². The van der Waals surface area contributed by atoms with Crippen molar-refractivity contribution in [1.82, 2.24) is 0 Å². The molecule has 4 aromatic carbocycles. The van der Waals surface area contributed by atoms with Crippen molar-refractivity contribution in [3.63, 3.8) is 0 Å². The van der Waals surface area contributed by atoms with E-state index in [9.17, 15) is 0 Å². The summed E-state index contributed by atoms with van der Waals surface area (Å²) in [6, 6.07) is 33.9. The van der Waals surface area contributed by atoms with Crippen LogP contribution < -0.4 is 4.90 Å². The summed E-state index contributed by atoms with van der Waals surface area (Å²) in [6.07, 6.45) is 0. The Hall–Kier alpha value is -2.51. The molecular formula is C24H16ClNSe. The molecule has 5 aromatic rings. The van der Waals surface area contributed by atoms with Crippen molar-refractivity contribution in [2.45, 2.75) is 0 Å². The van der Waals surface area contributed by atoms with Gasteiger partial charge in [0.25, 0.3) is 0 Å². The average Bonchev–Trinajstić information content (AvgIpc) is 3.08. The first kappa shape index (κ1) is 16.6. The van der Waals surface area contributed by atoms with E-state index in [0.717, 1.165) is 22.1 Å². The summed E-state index contributed by atoms with van der Waals surface area (Å²) in [4.78, 5) is 2.31. The Kier molecular flexibility index (Phi) is 4.26. The van der Waals surface area contributed by atoms with Crippen molar-refractivity contribution in [2.24, 2.45) is 0 Å². The molecule has 0 atom stereocenters. The molecule has 0 aliphatic rings. The summed E-state index contributed by atoms with van der Waals surface area (Å²) in [5.74, 6) is 0. The number of fused-ring (bicyclic) bond motifs is 3. The third-order valence-corrected chi connectivity index (χ3v) is 7.26. The molecule has 0 aliphatic heterocycles. The van der Waals surface area contributed by atoms with Gasteiger partial charge in [-0.15, -0.1) is 0 Å². The van der Waals surface area contributed by atoms with Crippen LogP contribution in [-0.4, -0.2) is 14.5 Å². The second kappa shape index (κ2) is 6.90. The van der Waals surface area contributed by atoms with Crippen LogP contribution in [0.2, 0.25) is 5.02 Å². The minimum atomic E-state index is 0.282. The summed E-state index contributed by atoms with van der Waals surface area (Å²) in [5.41, 5.74) is 3.40. The third kappa shape index (κ3) is 2.96. The second-order valence-corrected chi connectivity index (χ2v) is 9.11. The van der Waals surface area contributed by atoms with E-state index in [1.165, 1.54) is 19.3 Å². The Balaban J connectivity index is 1.88. The second-order valence-electron chi connectivity index (χ2n) is 6.40. The van der Waals surface area contributed by atoms with Crippen LogP contribution in [0.15, 0.2) is 97.1 Å². The van der Waals surface area contributed by atoms with E-state index in [4.69, 9.17) is 11.6 Å². The standard InChI is InChI=1S/C24H16ClNSe/c25-17-15-21(24-20-13-7-8-14-22(20)27-23(24)16-17)26(18-9-3-1-4-10-18)19-11-5-2-6-12-19/h1-16H. The van der Waals surface area contributed by atoms with E-state index in [0.29, 0.717) is 0 Å². The van der Waals surface area contributed by atoms with E-state index in [2.05, 4.69) is 89.8 Å². The average molecular weight is 433 g/mol. The van der Waals surface area contributed by atoms with Crippen molar-refractivity contribution in [1.29, 1.82) is 0 Å². The summed E-state index contributed by atoms with van der Waals surface area (Å²) < 4.78 is 2.77. The van der Waals surface area contributed by atoms with E-state index in [1.54, 1.807) is 0 Å². The number of rotatable bonds is 3. The minimum absolute atomic E-state index is 0.282. The zero-order valence-electron chi connectivity index (χ0n) is 14.5. The van der Waals surface area contributed by atoms with Crippen LogP contribution in [0.3, 0.4) is 0 Å². The summed E-state index contributed by atoms with van der Waals surface area (Å²) in [5, 5.41) is 3.43. The number of para-hydroxylation sites is 2. The molecule has 27 heavy (non-hydrogen) atoms. The number of halogens is 1. The molecule has 0 unspecified atom stereocenters. The van der Waals surface area contributed by atoms with Gasteiger partial charge < -0.3 is 0 Å². The predicted molar refractivity (Wildman–Crippen MR) is 118 cm³/mol. The number of anilines is 3. The van der Waals surface area contributed by atoms with Gasteiger partial charge in [0.15, 0.2) is 0 Å². The molecule has 1 heterocycles. The number of benzene rings is 4. The van der Waals surface area contributed by atoms with E-state index in [1.807, 2.05) is 12.1 Å². The number of hydrogen-bond donors (Lipinski definition) is 0. The number of hydrogen-bond acceptors (Lipinski definition) is 1. The summed E-state index contributed by atoms with van der Waals surface area (Å²) in [6.45, 7) is 0. The molecule has 0 saturated heterocycles. The van der Waals surface area contributed by atoms with Crippen LogP contribution in [0.5, 0.6) is 0 Å². The van der Waals surface area contributed by atoms with Crippen LogP contribution in [0.4, 0.5) is 17.1 Å². The van der Waals surface area contributed by atoms with E-state index < -0.39 is 0 Å². The molecular weight excluding hydrogens is 417 g/mol. The Labute approximate surface area is 169 Å². The fraction of sp³-hybridized carbons (Fsp3) is 0. The van der Waals surface area contributed by atoms with E-state index in [-0.39, 0.29) is 14.5 Å². The molecule has 0 spiro atoms. The van der Waals surface area contributed by atoms with Crippen molar-refractivity contribution < 1.29 is 0 Å². The van der Waals surface area contributed by atoms with Gasteiger partial charge in [-0.05, 0) is 0 Å². The maximum atomic E-state index is 6.57. The topological polar surface area (TPSA) is 3.24 Å². The fourth-order valence-electron chi connectivity index (χ4n) is 3.56. The monoisotopic (exact) mass is 433 g/mol. The third-order valence-electron chi connectivity index (χ3n) is 4.69. The normalized spacial score (nSPS) is 11.1. The Morgan fingerprint density at radius 3 is 1.89 bits per heavy atom. The van der Waals surface area contributed by atoms with Crippen LogP contribution in [-0.2, 0) is 0 Å². The van der Waals surface area contributed by atoms with Crippen LogP contribution in [0, 0.1) is 0 Å². The van der Waals surface area contributed by atoms with Gasteiger partial charge >= 0.3 is 169 Å². The van der Waals surface area contributed by atoms with Crippen molar-refractivity contribution in [2.75, 3.05) is 4.90 Å². The summed E-state index contributed by atoms with van der Waals surface area (Å²) >= 11 is 6.86. The molecule has 0 saturated carbocycles. The zero-order valence-corrected chi connectivity index (χ0v) is 16.9. The maximum absolute atomic E-state index is 6.57. The molecule has 0 radical (unpaired) electrons. The van der Waals surface area contributed by atoms with Gasteiger partial charge in [0, 0.05) is 0 Å². The first-order valence-corrected chi connectivity index (χ1v) is 10.9. The van der Waals surface area contributed by atoms with Crippen molar-refractivity contribution in [3.8, 4) is 0 Å². The molecule has 1 aromatic heterocycles. The first-order valence-electron chi connectivity index (χ1n) is 8.82. The quantitative estimate of drug-likeness (QED) is 0.273. The van der Waals surface area contributed by atoms with Gasteiger partial charge in [0.1, 0.15) is 0 Å². The Morgan fingerprint density at radius 2 is 1.22 bits per heavy atom. The van der Waals surface area contributed by atoms with Gasteiger partial charge in [-0.3, -0.25) is 0 Å². The number of nitrogens with zero attached hydrogens (tertiary/aromatic N) is 1. The molecule has 0 bridgehead atoms. The molecule has 3 heteroatoms. The molecule has 0 N–H and O–H groups in total. The molecule has 0 aliphatic carbocycles.